The van der Waals surface area contributed by atoms with Crippen molar-refractivity contribution < 1.29 is 22.7 Å². The highest BCUT2D eigenvalue weighted by Gasteiger charge is 2.26. The van der Waals surface area contributed by atoms with E-state index in [1.807, 2.05) is 0 Å². The summed E-state index contributed by atoms with van der Waals surface area (Å²) in [7, 11) is -3.51. The van der Waals surface area contributed by atoms with Gasteiger partial charge >= 0.3 is 0 Å². The van der Waals surface area contributed by atoms with Gasteiger partial charge in [-0.15, -0.1) is 0 Å². The van der Waals surface area contributed by atoms with Crippen LogP contribution in [0.15, 0.2) is 53.4 Å². The largest absolute Gasteiger partial charge is 0.368 e. The third-order valence-corrected chi connectivity index (χ3v) is 7.59. The van der Waals surface area contributed by atoms with E-state index in [1.54, 1.807) is 36.4 Å². The quantitative estimate of drug-likeness (QED) is 0.693. The van der Waals surface area contributed by atoms with E-state index in [4.69, 9.17) is 4.74 Å². The van der Waals surface area contributed by atoms with Crippen LogP contribution in [-0.4, -0.2) is 50.3 Å². The maximum absolute atomic E-state index is 12.8. The Hall–Kier alpha value is -2.75. The third-order valence-electron chi connectivity index (χ3n) is 5.68. The molecule has 4 rings (SSSR count). The van der Waals surface area contributed by atoms with Crippen LogP contribution in [0.3, 0.4) is 0 Å². The molecule has 1 atom stereocenters. The van der Waals surface area contributed by atoms with Crippen LogP contribution in [0.4, 0.5) is 11.4 Å². The second-order valence-electron chi connectivity index (χ2n) is 8.01. The predicted octanol–water partition coefficient (Wildman–Crippen LogP) is 3.23. The minimum absolute atomic E-state index is 0.217. The fourth-order valence-electron chi connectivity index (χ4n) is 3.91. The zero-order chi connectivity index (χ0) is 22.6. The van der Waals surface area contributed by atoms with Gasteiger partial charge in [-0.3, -0.25) is 9.59 Å². The molecule has 2 aliphatic rings. The standard InChI is InChI=1S/C23H27N3O5S/c27-22(17-6-4-7-19(16-17)25-23(28)21-8-5-15-31-21)24-18-9-11-20(12-10-18)32(29,30)26-13-2-1-3-14-26/h4,6-7,9-12,16,21H,1-3,5,8,13-15H2,(H,24,27)(H,25,28). The molecule has 2 aliphatic heterocycles. The van der Waals surface area contributed by atoms with Crippen molar-refractivity contribution in [2.45, 2.75) is 43.1 Å². The van der Waals surface area contributed by atoms with Crippen molar-refractivity contribution in [3.8, 4) is 0 Å². The number of rotatable bonds is 6. The highest BCUT2D eigenvalue weighted by atomic mass is 32.2. The summed E-state index contributed by atoms with van der Waals surface area (Å²) in [5, 5.41) is 5.55. The topological polar surface area (TPSA) is 105 Å². The maximum atomic E-state index is 12.8. The molecule has 0 radical (unpaired) electrons. The predicted molar refractivity (Wildman–Crippen MR) is 121 cm³/mol. The highest BCUT2D eigenvalue weighted by Crippen LogP contribution is 2.23. The lowest BCUT2D eigenvalue weighted by atomic mass is 10.1. The monoisotopic (exact) mass is 457 g/mol. The zero-order valence-corrected chi connectivity index (χ0v) is 18.6. The Morgan fingerprint density at radius 1 is 0.906 bits per heavy atom. The fraction of sp³-hybridized carbons (Fsp3) is 0.391. The number of carbonyl (C=O) groups is 2. The second kappa shape index (κ2) is 9.81. The van der Waals surface area contributed by atoms with Gasteiger partial charge in [-0.2, -0.15) is 4.31 Å². The molecule has 170 valence electrons. The molecule has 2 aromatic rings. The number of amides is 2. The average Bonchev–Trinajstić information content (AvgIpc) is 3.35. The van der Waals surface area contributed by atoms with E-state index in [-0.39, 0.29) is 16.7 Å². The zero-order valence-electron chi connectivity index (χ0n) is 17.7. The van der Waals surface area contributed by atoms with Gasteiger partial charge in [-0.1, -0.05) is 12.5 Å². The summed E-state index contributed by atoms with van der Waals surface area (Å²) >= 11 is 0. The number of hydrogen-bond acceptors (Lipinski definition) is 5. The molecule has 1 unspecified atom stereocenters. The maximum Gasteiger partial charge on any atom is 0.255 e. The van der Waals surface area contributed by atoms with Crippen LogP contribution in [0.1, 0.15) is 42.5 Å². The Balaban J connectivity index is 1.40. The van der Waals surface area contributed by atoms with E-state index in [2.05, 4.69) is 10.6 Å². The van der Waals surface area contributed by atoms with E-state index >= 15 is 0 Å². The molecular formula is C23H27N3O5S. The summed E-state index contributed by atoms with van der Waals surface area (Å²) in [4.78, 5) is 25.1. The van der Waals surface area contributed by atoms with Crippen molar-refractivity contribution in [1.82, 2.24) is 4.31 Å². The van der Waals surface area contributed by atoms with Crippen LogP contribution in [0, 0.1) is 0 Å². The molecule has 0 bridgehead atoms. The molecule has 0 saturated carbocycles. The summed E-state index contributed by atoms with van der Waals surface area (Å²) in [5.41, 5.74) is 1.38. The number of nitrogens with one attached hydrogen (secondary N) is 2. The first kappa shape index (κ1) is 22.4. The highest BCUT2D eigenvalue weighted by molar-refractivity contribution is 7.89. The summed E-state index contributed by atoms with van der Waals surface area (Å²) in [6, 6.07) is 12.8. The van der Waals surface area contributed by atoms with Gasteiger partial charge in [0.15, 0.2) is 0 Å². The van der Waals surface area contributed by atoms with Gasteiger partial charge in [0.05, 0.1) is 4.90 Å². The molecule has 9 heteroatoms. The van der Waals surface area contributed by atoms with Crippen LogP contribution in [0.2, 0.25) is 0 Å². The first-order chi connectivity index (χ1) is 15.4. The van der Waals surface area contributed by atoms with Gasteiger partial charge in [-0.25, -0.2) is 8.42 Å². The van der Waals surface area contributed by atoms with Crippen molar-refractivity contribution in [1.29, 1.82) is 0 Å². The number of sulfonamides is 1. The fourth-order valence-corrected chi connectivity index (χ4v) is 5.43. The smallest absolute Gasteiger partial charge is 0.255 e. The number of piperidine rings is 1. The van der Waals surface area contributed by atoms with Crippen molar-refractivity contribution in [2.24, 2.45) is 0 Å². The SMILES string of the molecule is O=C(Nc1ccc(S(=O)(=O)N2CCCCC2)cc1)c1cccc(NC(=O)C2CCCO2)c1. The van der Waals surface area contributed by atoms with E-state index < -0.39 is 16.1 Å². The molecule has 2 heterocycles. The van der Waals surface area contributed by atoms with Gasteiger partial charge in [0, 0.05) is 36.6 Å². The molecule has 0 spiro atoms. The van der Waals surface area contributed by atoms with E-state index in [1.165, 1.54) is 16.4 Å². The molecule has 0 aliphatic carbocycles. The lowest BCUT2D eigenvalue weighted by Gasteiger charge is -2.25. The Kier molecular flexibility index (Phi) is 6.88. The van der Waals surface area contributed by atoms with E-state index in [0.29, 0.717) is 43.1 Å². The minimum atomic E-state index is -3.51. The average molecular weight is 458 g/mol. The van der Waals surface area contributed by atoms with Crippen molar-refractivity contribution in [2.75, 3.05) is 30.3 Å². The van der Waals surface area contributed by atoms with Crippen LogP contribution in [-0.2, 0) is 19.6 Å². The molecule has 0 aromatic heterocycles. The molecule has 2 amide bonds. The Morgan fingerprint density at radius 3 is 2.34 bits per heavy atom. The Morgan fingerprint density at radius 2 is 1.66 bits per heavy atom. The molecule has 2 fully saturated rings. The van der Waals surface area contributed by atoms with Crippen molar-refractivity contribution in [3.63, 3.8) is 0 Å². The van der Waals surface area contributed by atoms with E-state index in [0.717, 1.165) is 25.7 Å². The number of benzene rings is 2. The Bertz CT molecular complexity index is 1070. The minimum Gasteiger partial charge on any atom is -0.368 e. The molecule has 8 nitrogen and oxygen atoms in total. The number of hydrogen-bond donors (Lipinski definition) is 2. The van der Waals surface area contributed by atoms with Gasteiger partial charge < -0.3 is 15.4 Å². The summed E-state index contributed by atoms with van der Waals surface area (Å²) in [6.45, 7) is 1.67. The first-order valence-corrected chi connectivity index (χ1v) is 12.3. The summed E-state index contributed by atoms with van der Waals surface area (Å²) in [6.07, 6.45) is 3.90. The van der Waals surface area contributed by atoms with Gasteiger partial charge in [0.1, 0.15) is 6.10 Å². The molecule has 2 aromatic carbocycles. The molecular weight excluding hydrogens is 430 g/mol. The lowest BCUT2D eigenvalue weighted by Crippen LogP contribution is -2.35. The first-order valence-electron chi connectivity index (χ1n) is 10.9. The van der Waals surface area contributed by atoms with Crippen LogP contribution in [0.25, 0.3) is 0 Å². The molecule has 2 saturated heterocycles. The second-order valence-corrected chi connectivity index (χ2v) is 9.95. The van der Waals surface area contributed by atoms with Crippen LogP contribution >= 0.6 is 0 Å². The van der Waals surface area contributed by atoms with Gasteiger partial charge in [0.2, 0.25) is 10.0 Å². The van der Waals surface area contributed by atoms with E-state index in [9.17, 15) is 18.0 Å². The normalized spacial score (nSPS) is 19.4. The number of anilines is 2. The molecule has 2 N–H and O–H groups in total. The van der Waals surface area contributed by atoms with Gasteiger partial charge in [-0.05, 0) is 68.1 Å². The Labute approximate surface area is 188 Å². The van der Waals surface area contributed by atoms with Crippen LogP contribution < -0.4 is 10.6 Å². The third kappa shape index (κ3) is 5.17. The van der Waals surface area contributed by atoms with Crippen LogP contribution in [0.5, 0.6) is 0 Å². The summed E-state index contributed by atoms with van der Waals surface area (Å²) in [5.74, 6) is -0.574. The summed E-state index contributed by atoms with van der Waals surface area (Å²) < 4.78 is 32.4. The number of carbonyl (C=O) groups excluding carboxylic acids is 2. The molecule has 32 heavy (non-hydrogen) atoms. The van der Waals surface area contributed by atoms with Crippen molar-refractivity contribution in [3.05, 3.63) is 54.1 Å². The number of ether oxygens (including phenoxy) is 1. The number of nitrogens with zero attached hydrogens (tertiary/aromatic N) is 1. The van der Waals surface area contributed by atoms with Crippen molar-refractivity contribution >= 4 is 33.2 Å². The lowest BCUT2D eigenvalue weighted by molar-refractivity contribution is -0.124. The van der Waals surface area contributed by atoms with Gasteiger partial charge in [0.25, 0.3) is 11.8 Å².